The Kier molecular flexibility index (Phi) is 8.64. The lowest BCUT2D eigenvalue weighted by atomic mass is 10.2. The van der Waals surface area contributed by atoms with Gasteiger partial charge < -0.3 is 10.1 Å². The van der Waals surface area contributed by atoms with E-state index in [0.717, 1.165) is 30.2 Å². The van der Waals surface area contributed by atoms with Gasteiger partial charge in [0.1, 0.15) is 5.75 Å². The summed E-state index contributed by atoms with van der Waals surface area (Å²) < 4.78 is 33.5. The number of anilines is 1. The number of nitrogens with one attached hydrogen (secondary N) is 2. The highest BCUT2D eigenvalue weighted by molar-refractivity contribution is 9.10. The van der Waals surface area contributed by atoms with Crippen LogP contribution in [0, 0.1) is 0 Å². The molecule has 172 valence electrons. The van der Waals surface area contributed by atoms with Crippen LogP contribution in [-0.2, 0) is 10.0 Å². The number of benzene rings is 2. The zero-order chi connectivity index (χ0) is 23.1. The van der Waals surface area contributed by atoms with E-state index in [4.69, 9.17) is 17.0 Å². The molecule has 10 heteroatoms. The molecule has 2 aromatic rings. The molecule has 2 aromatic carbocycles. The summed E-state index contributed by atoms with van der Waals surface area (Å²) in [4.78, 5) is 13.0. The number of carbonyl (C=O) groups excluding carboxylic acids is 1. The van der Waals surface area contributed by atoms with E-state index < -0.39 is 15.9 Å². The first-order chi connectivity index (χ1) is 15.3. The Labute approximate surface area is 202 Å². The number of hydrogen-bond acceptors (Lipinski definition) is 5. The van der Waals surface area contributed by atoms with Gasteiger partial charge in [0.05, 0.1) is 17.1 Å². The normalized spacial score (nSPS) is 14.6. The van der Waals surface area contributed by atoms with Crippen molar-refractivity contribution in [1.82, 2.24) is 9.62 Å². The van der Waals surface area contributed by atoms with Crippen molar-refractivity contribution in [2.24, 2.45) is 0 Å². The highest BCUT2D eigenvalue weighted by Crippen LogP contribution is 2.24. The minimum absolute atomic E-state index is 0.100. The van der Waals surface area contributed by atoms with Crippen molar-refractivity contribution in [2.75, 3.05) is 25.0 Å². The standard InChI is InChI=1S/C22H26BrN3O4S2/c1-2-14-30-20-11-6-16(23)15-19(20)21(27)25-22(31)24-17-7-9-18(10-8-17)32(28,29)26-12-4-3-5-13-26/h6-11,15H,2-5,12-14H2,1H3,(H2,24,25,27,31). The number of rotatable bonds is 7. The zero-order valence-corrected chi connectivity index (χ0v) is 21.0. The molecule has 0 aromatic heterocycles. The summed E-state index contributed by atoms with van der Waals surface area (Å²) in [6.45, 7) is 3.59. The van der Waals surface area contributed by atoms with Crippen LogP contribution in [-0.4, -0.2) is 43.4 Å². The van der Waals surface area contributed by atoms with Crippen LogP contribution < -0.4 is 15.4 Å². The van der Waals surface area contributed by atoms with Crippen molar-refractivity contribution in [2.45, 2.75) is 37.5 Å². The minimum Gasteiger partial charge on any atom is -0.493 e. The van der Waals surface area contributed by atoms with Gasteiger partial charge in [0.25, 0.3) is 5.91 Å². The van der Waals surface area contributed by atoms with Gasteiger partial charge in [-0.05, 0) is 73.9 Å². The summed E-state index contributed by atoms with van der Waals surface area (Å²) >= 11 is 8.63. The second-order valence-electron chi connectivity index (χ2n) is 7.39. The third-order valence-corrected chi connectivity index (χ3v) is 7.55. The molecule has 0 spiro atoms. The molecule has 7 nitrogen and oxygen atoms in total. The highest BCUT2D eigenvalue weighted by atomic mass is 79.9. The van der Waals surface area contributed by atoms with Crippen LogP contribution in [0.1, 0.15) is 43.0 Å². The molecule has 1 fully saturated rings. The van der Waals surface area contributed by atoms with Gasteiger partial charge in [0.15, 0.2) is 5.11 Å². The van der Waals surface area contributed by atoms with Crippen molar-refractivity contribution in [3.05, 3.63) is 52.5 Å². The molecule has 0 radical (unpaired) electrons. The molecule has 0 unspecified atom stereocenters. The van der Waals surface area contributed by atoms with Crippen molar-refractivity contribution in [3.8, 4) is 5.75 Å². The van der Waals surface area contributed by atoms with E-state index in [1.54, 1.807) is 42.5 Å². The molecule has 2 N–H and O–H groups in total. The molecule has 1 heterocycles. The van der Waals surface area contributed by atoms with E-state index in [-0.39, 0.29) is 10.0 Å². The topological polar surface area (TPSA) is 87.7 Å². The van der Waals surface area contributed by atoms with Crippen molar-refractivity contribution in [1.29, 1.82) is 0 Å². The van der Waals surface area contributed by atoms with Crippen LogP contribution in [0.25, 0.3) is 0 Å². The Hall–Kier alpha value is -2.01. The van der Waals surface area contributed by atoms with E-state index in [1.165, 1.54) is 4.31 Å². The van der Waals surface area contributed by atoms with Crippen molar-refractivity contribution >= 4 is 54.9 Å². The average molecular weight is 541 g/mol. The summed E-state index contributed by atoms with van der Waals surface area (Å²) in [7, 11) is -3.49. The maximum Gasteiger partial charge on any atom is 0.261 e. The summed E-state index contributed by atoms with van der Waals surface area (Å²) in [6.07, 6.45) is 3.65. The van der Waals surface area contributed by atoms with Gasteiger partial charge >= 0.3 is 0 Å². The van der Waals surface area contributed by atoms with Crippen molar-refractivity contribution in [3.63, 3.8) is 0 Å². The van der Waals surface area contributed by atoms with Gasteiger partial charge in [-0.1, -0.05) is 29.3 Å². The second-order valence-corrected chi connectivity index (χ2v) is 10.6. The highest BCUT2D eigenvalue weighted by Gasteiger charge is 2.25. The molecular formula is C22H26BrN3O4S2. The smallest absolute Gasteiger partial charge is 0.261 e. The molecular weight excluding hydrogens is 514 g/mol. The summed E-state index contributed by atoms with van der Waals surface area (Å²) in [6, 6.07) is 11.5. The minimum atomic E-state index is -3.49. The lowest BCUT2D eigenvalue weighted by Gasteiger charge is -2.25. The van der Waals surface area contributed by atoms with Crippen LogP contribution >= 0.6 is 28.1 Å². The fourth-order valence-electron chi connectivity index (χ4n) is 3.31. The van der Waals surface area contributed by atoms with Crippen molar-refractivity contribution < 1.29 is 17.9 Å². The molecule has 1 aliphatic heterocycles. The first-order valence-electron chi connectivity index (χ1n) is 10.5. The lowest BCUT2D eigenvalue weighted by molar-refractivity contribution is 0.0973. The largest absolute Gasteiger partial charge is 0.493 e. The van der Waals surface area contributed by atoms with E-state index >= 15 is 0 Å². The molecule has 1 saturated heterocycles. The van der Waals surface area contributed by atoms with Gasteiger partial charge in [-0.2, -0.15) is 4.31 Å². The monoisotopic (exact) mass is 539 g/mol. The Balaban J connectivity index is 1.64. The zero-order valence-electron chi connectivity index (χ0n) is 17.8. The molecule has 0 aliphatic carbocycles. The molecule has 0 bridgehead atoms. The lowest BCUT2D eigenvalue weighted by Crippen LogP contribution is -2.35. The number of amides is 1. The number of nitrogens with zero attached hydrogens (tertiary/aromatic N) is 1. The first kappa shape index (κ1) is 24.6. The fourth-order valence-corrected chi connectivity index (χ4v) is 5.40. The van der Waals surface area contributed by atoms with Crippen LogP contribution in [0.5, 0.6) is 5.75 Å². The van der Waals surface area contributed by atoms with E-state index in [1.807, 2.05) is 6.92 Å². The maximum atomic E-state index is 12.8. The van der Waals surface area contributed by atoms with E-state index in [2.05, 4.69) is 26.6 Å². The Morgan fingerprint density at radius 1 is 1.12 bits per heavy atom. The Morgan fingerprint density at radius 2 is 1.81 bits per heavy atom. The maximum absolute atomic E-state index is 12.8. The molecule has 1 amide bonds. The van der Waals surface area contributed by atoms with Gasteiger partial charge in [-0.25, -0.2) is 8.42 Å². The predicted octanol–water partition coefficient (Wildman–Crippen LogP) is 4.54. The molecule has 0 atom stereocenters. The molecule has 0 saturated carbocycles. The molecule has 3 rings (SSSR count). The third kappa shape index (κ3) is 6.28. The van der Waals surface area contributed by atoms with Gasteiger partial charge in [-0.3, -0.25) is 10.1 Å². The van der Waals surface area contributed by atoms with Crippen LogP contribution in [0.3, 0.4) is 0 Å². The quantitative estimate of drug-likeness (QED) is 0.502. The van der Waals surface area contributed by atoms with Crippen LogP contribution in [0.15, 0.2) is 51.8 Å². The fraction of sp³-hybridized carbons (Fsp3) is 0.364. The molecule has 1 aliphatic rings. The first-order valence-corrected chi connectivity index (χ1v) is 13.1. The van der Waals surface area contributed by atoms with Crippen LogP contribution in [0.4, 0.5) is 5.69 Å². The summed E-state index contributed by atoms with van der Waals surface area (Å²) in [5.74, 6) is 0.0711. The summed E-state index contributed by atoms with van der Waals surface area (Å²) in [5, 5.41) is 5.66. The number of piperidine rings is 1. The Bertz CT molecular complexity index is 1070. The van der Waals surface area contributed by atoms with Gasteiger partial charge in [-0.15, -0.1) is 0 Å². The van der Waals surface area contributed by atoms with E-state index in [0.29, 0.717) is 36.7 Å². The number of hydrogen-bond donors (Lipinski definition) is 2. The average Bonchev–Trinajstić information content (AvgIpc) is 2.79. The third-order valence-electron chi connectivity index (χ3n) is 4.94. The van der Waals surface area contributed by atoms with Gasteiger partial charge in [0.2, 0.25) is 10.0 Å². The molecule has 32 heavy (non-hydrogen) atoms. The van der Waals surface area contributed by atoms with Crippen LogP contribution in [0.2, 0.25) is 0 Å². The number of sulfonamides is 1. The SMILES string of the molecule is CCCOc1ccc(Br)cc1C(=O)NC(=S)Nc1ccc(S(=O)(=O)N2CCCCC2)cc1. The van der Waals surface area contributed by atoms with Gasteiger partial charge in [0, 0.05) is 23.2 Å². The summed E-state index contributed by atoms with van der Waals surface area (Å²) in [5.41, 5.74) is 0.935. The number of carbonyl (C=O) groups is 1. The van der Waals surface area contributed by atoms with E-state index in [9.17, 15) is 13.2 Å². The number of thiocarbonyl (C=S) groups is 1. The number of halogens is 1. The second kappa shape index (κ2) is 11.2. The number of ether oxygens (including phenoxy) is 1. The predicted molar refractivity (Wildman–Crippen MR) is 133 cm³/mol. The Morgan fingerprint density at radius 3 is 2.47 bits per heavy atom.